The number of nitrogens with one attached hydrogen (secondary N) is 2. The Bertz CT molecular complexity index is 591. The zero-order chi connectivity index (χ0) is 18.3. The van der Waals surface area contributed by atoms with E-state index in [1.165, 1.54) is 7.11 Å². The summed E-state index contributed by atoms with van der Waals surface area (Å²) in [6, 6.07) is 4.78. The summed E-state index contributed by atoms with van der Waals surface area (Å²) >= 11 is 0. The fourth-order valence-electron chi connectivity index (χ4n) is 2.44. The molecule has 2 amide bonds. The van der Waals surface area contributed by atoms with Gasteiger partial charge in [-0.05, 0) is 38.3 Å². The molecular formula is C18H26N2O4. The van der Waals surface area contributed by atoms with Crippen LogP contribution in [0.1, 0.15) is 41.8 Å². The van der Waals surface area contributed by atoms with Crippen LogP contribution in [0.4, 0.5) is 0 Å². The first-order chi connectivity index (χ1) is 11.2. The van der Waals surface area contributed by atoms with Crippen molar-refractivity contribution in [3.63, 3.8) is 0 Å². The molecule has 1 atom stereocenters. The molecule has 24 heavy (non-hydrogen) atoms. The first-order valence-electron chi connectivity index (χ1n) is 7.96. The van der Waals surface area contributed by atoms with Crippen molar-refractivity contribution in [2.24, 2.45) is 5.92 Å². The van der Waals surface area contributed by atoms with Crippen molar-refractivity contribution in [1.82, 2.24) is 10.6 Å². The van der Waals surface area contributed by atoms with Gasteiger partial charge in [0.25, 0.3) is 5.91 Å². The van der Waals surface area contributed by atoms with Gasteiger partial charge in [-0.2, -0.15) is 0 Å². The second kappa shape index (κ2) is 9.05. The van der Waals surface area contributed by atoms with E-state index in [1.807, 2.05) is 33.8 Å². The molecule has 2 N–H and O–H groups in total. The van der Waals surface area contributed by atoms with E-state index in [4.69, 9.17) is 4.74 Å². The molecule has 0 saturated carbocycles. The SMILES string of the molecule is COC(=O)[C@@H](CC(C)C)NC(=O)CNC(=O)c1cc(C)cc(C)c1. The molecule has 1 aromatic rings. The van der Waals surface area contributed by atoms with E-state index >= 15 is 0 Å². The number of benzene rings is 1. The lowest BCUT2D eigenvalue weighted by molar-refractivity contribution is -0.145. The molecular weight excluding hydrogens is 308 g/mol. The van der Waals surface area contributed by atoms with Crippen molar-refractivity contribution in [1.29, 1.82) is 0 Å². The first kappa shape index (κ1) is 19.7. The lowest BCUT2D eigenvalue weighted by Crippen LogP contribution is -2.46. The fraction of sp³-hybridized carbons (Fsp3) is 0.500. The number of hydrogen-bond donors (Lipinski definition) is 2. The number of carbonyl (C=O) groups excluding carboxylic acids is 3. The van der Waals surface area contributed by atoms with E-state index < -0.39 is 17.9 Å². The molecule has 0 aliphatic rings. The van der Waals surface area contributed by atoms with Crippen LogP contribution < -0.4 is 10.6 Å². The van der Waals surface area contributed by atoms with Gasteiger partial charge < -0.3 is 15.4 Å². The molecule has 0 radical (unpaired) electrons. The molecule has 0 fully saturated rings. The molecule has 0 aromatic heterocycles. The van der Waals surface area contributed by atoms with Gasteiger partial charge in [-0.3, -0.25) is 9.59 Å². The van der Waals surface area contributed by atoms with Crippen molar-refractivity contribution in [2.75, 3.05) is 13.7 Å². The highest BCUT2D eigenvalue weighted by Gasteiger charge is 2.22. The van der Waals surface area contributed by atoms with Gasteiger partial charge in [0.1, 0.15) is 6.04 Å². The molecule has 1 rings (SSSR count). The molecule has 0 saturated heterocycles. The van der Waals surface area contributed by atoms with Crippen LogP contribution in [0, 0.1) is 19.8 Å². The minimum Gasteiger partial charge on any atom is -0.467 e. The fourth-order valence-corrected chi connectivity index (χ4v) is 2.44. The Kier molecular flexibility index (Phi) is 7.42. The predicted molar refractivity (Wildman–Crippen MR) is 91.7 cm³/mol. The van der Waals surface area contributed by atoms with Crippen LogP contribution in [0.5, 0.6) is 0 Å². The smallest absolute Gasteiger partial charge is 0.328 e. The quantitative estimate of drug-likeness (QED) is 0.744. The highest BCUT2D eigenvalue weighted by molar-refractivity contribution is 5.97. The second-order valence-corrected chi connectivity index (χ2v) is 6.33. The number of rotatable bonds is 7. The molecule has 1 aromatic carbocycles. The molecule has 0 heterocycles. The number of aryl methyl sites for hydroxylation is 2. The number of carbonyl (C=O) groups is 3. The molecule has 0 aliphatic heterocycles. The van der Waals surface area contributed by atoms with Crippen LogP contribution >= 0.6 is 0 Å². The Labute approximate surface area is 143 Å². The van der Waals surface area contributed by atoms with E-state index in [0.717, 1.165) is 11.1 Å². The topological polar surface area (TPSA) is 84.5 Å². The van der Waals surface area contributed by atoms with E-state index in [0.29, 0.717) is 12.0 Å². The summed E-state index contributed by atoms with van der Waals surface area (Å²) in [5.74, 6) is -1.02. The third-order valence-corrected chi connectivity index (χ3v) is 3.42. The van der Waals surface area contributed by atoms with Gasteiger partial charge in [-0.1, -0.05) is 31.0 Å². The van der Waals surface area contributed by atoms with E-state index in [1.54, 1.807) is 12.1 Å². The van der Waals surface area contributed by atoms with Gasteiger partial charge in [-0.15, -0.1) is 0 Å². The lowest BCUT2D eigenvalue weighted by atomic mass is 10.0. The summed E-state index contributed by atoms with van der Waals surface area (Å²) in [5.41, 5.74) is 2.46. The second-order valence-electron chi connectivity index (χ2n) is 6.33. The normalized spacial score (nSPS) is 11.8. The maximum atomic E-state index is 12.1. The maximum Gasteiger partial charge on any atom is 0.328 e. The molecule has 0 aliphatic carbocycles. The van der Waals surface area contributed by atoms with Gasteiger partial charge >= 0.3 is 5.97 Å². The zero-order valence-electron chi connectivity index (χ0n) is 14.9. The van der Waals surface area contributed by atoms with Crippen molar-refractivity contribution >= 4 is 17.8 Å². The van der Waals surface area contributed by atoms with Crippen molar-refractivity contribution < 1.29 is 19.1 Å². The van der Waals surface area contributed by atoms with E-state index in [-0.39, 0.29) is 18.4 Å². The Morgan fingerprint density at radius 2 is 1.67 bits per heavy atom. The standard InChI is InChI=1S/C18H26N2O4/c1-11(2)6-15(18(23)24-5)20-16(21)10-19-17(22)14-8-12(3)7-13(4)9-14/h7-9,11,15H,6,10H2,1-5H3,(H,19,22)(H,20,21)/t15-/m1/s1. The number of ether oxygens (including phenoxy) is 1. The van der Waals surface area contributed by atoms with E-state index in [2.05, 4.69) is 10.6 Å². The number of esters is 1. The van der Waals surface area contributed by atoms with Crippen LogP contribution in [0.15, 0.2) is 18.2 Å². The Balaban J connectivity index is 2.60. The summed E-state index contributed by atoms with van der Waals surface area (Å²) in [6.45, 7) is 7.51. The van der Waals surface area contributed by atoms with Gasteiger partial charge in [0, 0.05) is 5.56 Å². The Hall–Kier alpha value is -2.37. The summed E-state index contributed by atoms with van der Waals surface area (Å²) in [4.78, 5) is 35.8. The van der Waals surface area contributed by atoms with Crippen molar-refractivity contribution in [3.8, 4) is 0 Å². The van der Waals surface area contributed by atoms with Crippen molar-refractivity contribution in [2.45, 2.75) is 40.2 Å². The predicted octanol–water partition coefficient (Wildman–Crippen LogP) is 1.74. The van der Waals surface area contributed by atoms with Crippen LogP contribution in [0.25, 0.3) is 0 Å². The van der Waals surface area contributed by atoms with Gasteiger partial charge in [0.2, 0.25) is 5.91 Å². The summed E-state index contributed by atoms with van der Waals surface area (Å²) < 4.78 is 4.69. The number of methoxy groups -OCH3 is 1. The zero-order valence-corrected chi connectivity index (χ0v) is 14.9. The monoisotopic (exact) mass is 334 g/mol. The minimum atomic E-state index is -0.708. The lowest BCUT2D eigenvalue weighted by Gasteiger charge is -2.18. The van der Waals surface area contributed by atoms with Crippen molar-refractivity contribution in [3.05, 3.63) is 34.9 Å². The molecule has 6 nitrogen and oxygen atoms in total. The Morgan fingerprint density at radius 1 is 1.08 bits per heavy atom. The average Bonchev–Trinajstić information content (AvgIpc) is 2.49. The first-order valence-corrected chi connectivity index (χ1v) is 7.96. The summed E-state index contributed by atoms with van der Waals surface area (Å²) in [5, 5.41) is 5.17. The summed E-state index contributed by atoms with van der Waals surface area (Å²) in [7, 11) is 1.28. The van der Waals surface area contributed by atoms with Crippen LogP contribution in [-0.2, 0) is 14.3 Å². The maximum absolute atomic E-state index is 12.1. The molecule has 6 heteroatoms. The average molecular weight is 334 g/mol. The molecule has 132 valence electrons. The largest absolute Gasteiger partial charge is 0.467 e. The molecule has 0 unspecified atom stereocenters. The number of amides is 2. The van der Waals surface area contributed by atoms with E-state index in [9.17, 15) is 14.4 Å². The Morgan fingerprint density at radius 3 is 2.17 bits per heavy atom. The molecule has 0 spiro atoms. The van der Waals surface area contributed by atoms with Crippen LogP contribution in [-0.4, -0.2) is 37.5 Å². The van der Waals surface area contributed by atoms with Gasteiger partial charge in [0.05, 0.1) is 13.7 Å². The van der Waals surface area contributed by atoms with Gasteiger partial charge in [-0.25, -0.2) is 4.79 Å². The van der Waals surface area contributed by atoms with Crippen LogP contribution in [0.2, 0.25) is 0 Å². The number of hydrogen-bond acceptors (Lipinski definition) is 4. The third kappa shape index (κ3) is 6.40. The highest BCUT2D eigenvalue weighted by atomic mass is 16.5. The third-order valence-electron chi connectivity index (χ3n) is 3.42. The molecule has 0 bridgehead atoms. The summed E-state index contributed by atoms with van der Waals surface area (Å²) in [6.07, 6.45) is 0.476. The minimum absolute atomic E-state index is 0.197. The highest BCUT2D eigenvalue weighted by Crippen LogP contribution is 2.09. The van der Waals surface area contributed by atoms with Gasteiger partial charge in [0.15, 0.2) is 0 Å². The van der Waals surface area contributed by atoms with Crippen LogP contribution in [0.3, 0.4) is 0 Å².